The molecule has 5 atom stereocenters. The van der Waals surface area contributed by atoms with Crippen LogP contribution < -0.4 is 15.0 Å². The number of methoxy groups -OCH3 is 1. The third-order valence-electron chi connectivity index (χ3n) is 4.84. The topological polar surface area (TPSA) is 141 Å². The first-order chi connectivity index (χ1) is 16.4. The van der Waals surface area contributed by atoms with Crippen molar-refractivity contribution in [2.45, 2.75) is 30.9 Å². The van der Waals surface area contributed by atoms with Gasteiger partial charge in [-0.25, -0.2) is 13.8 Å². The molecule has 3 N–H and O–H groups in total. The summed E-state index contributed by atoms with van der Waals surface area (Å²) in [6.45, 7) is -4.10. The van der Waals surface area contributed by atoms with Crippen molar-refractivity contribution in [1.82, 2.24) is 9.55 Å². The van der Waals surface area contributed by atoms with Crippen molar-refractivity contribution in [3.05, 3.63) is 50.6 Å². The number of aliphatic hydroxyl groups is 2. The molecule has 2 aliphatic heterocycles. The molecule has 0 amide bonds. The van der Waals surface area contributed by atoms with Crippen LogP contribution in [-0.4, -0.2) is 51.5 Å². The van der Waals surface area contributed by atoms with E-state index < -0.39 is 44.4 Å². The molecule has 0 spiro atoms. The van der Waals surface area contributed by atoms with E-state index in [1.807, 2.05) is 0 Å². The number of aromatic amines is 1. The van der Waals surface area contributed by atoms with Crippen LogP contribution in [0, 0.1) is 17.0 Å². The van der Waals surface area contributed by atoms with E-state index in [1.54, 1.807) is 12.1 Å². The Morgan fingerprint density at radius 2 is 2.30 bits per heavy atom. The van der Waals surface area contributed by atoms with E-state index in [0.717, 1.165) is 6.20 Å². The quantitative estimate of drug-likeness (QED) is 0.313. The third-order valence-corrected chi connectivity index (χ3v) is 6.33. The van der Waals surface area contributed by atoms with Crippen LogP contribution in [0.2, 0.25) is 0 Å². The van der Waals surface area contributed by atoms with E-state index in [0.29, 0.717) is 10.1 Å². The maximum Gasteiger partial charge on any atom is 0.530 e. The zero-order valence-corrected chi connectivity index (χ0v) is 18.5. The van der Waals surface area contributed by atoms with Gasteiger partial charge in [-0.1, -0.05) is 30.3 Å². The summed E-state index contributed by atoms with van der Waals surface area (Å²) in [5, 5.41) is 20.8. The molecule has 0 saturated carbocycles. The minimum atomic E-state index is -4.85. The maximum absolute atomic E-state index is 15.9. The predicted molar refractivity (Wildman–Crippen MR) is 112 cm³/mol. The molecule has 14 heteroatoms. The zero-order valence-electron chi connectivity index (χ0n) is 18.8. The molecule has 1 fully saturated rings. The molecule has 2 aromatic rings. The van der Waals surface area contributed by atoms with Crippen LogP contribution in [0.15, 0.2) is 29.2 Å². The summed E-state index contributed by atoms with van der Waals surface area (Å²) in [7, 11) is -3.54. The number of para-hydroxylation sites is 1. The van der Waals surface area contributed by atoms with Crippen LogP contribution in [-0.2, 0) is 25.0 Å². The number of rotatable bonds is 5. The lowest BCUT2D eigenvalue weighted by molar-refractivity contribution is -0.205. The molecule has 1 aromatic heterocycles. The Labute approximate surface area is 194 Å². The standard InChI is InChI=1S/C19H18FN2O9PS/c1-3-10-7-22(18(25)21-16(10)33)17-13(23)15(24)19(20,30-17)9-29-32(26)28-8-11-5-4-6-12(27-2)14(11)31-32/h1,4-7,13,15,17,23-24H,8-9H2,2H3,(H,21,25,33)/t13-,15+,17-,19-,32?/m1/s1/i9D2. The number of H-pyrrole nitrogens is 1. The molecule has 1 unspecified atom stereocenters. The number of phosphoric ester groups is 1. The van der Waals surface area contributed by atoms with Gasteiger partial charge in [0.2, 0.25) is 0 Å². The largest absolute Gasteiger partial charge is 0.530 e. The Hall–Kier alpha value is -2.56. The van der Waals surface area contributed by atoms with Crippen molar-refractivity contribution in [2.75, 3.05) is 13.7 Å². The summed E-state index contributed by atoms with van der Waals surface area (Å²) >= 11 is 4.89. The van der Waals surface area contributed by atoms with Crippen LogP contribution in [0.4, 0.5) is 4.39 Å². The SMILES string of the molecule is [2H]C([2H])(OP1(=O)OCc2cccc(OC)c2O1)[C@@]1(F)O[C@@H](n2cc(C#C)c(=S)[nH]c2=O)[C@H](O)[C@@H]1O. The number of halogens is 1. The van der Waals surface area contributed by atoms with Gasteiger partial charge in [-0.3, -0.25) is 18.6 Å². The second kappa shape index (κ2) is 8.66. The molecule has 4 rings (SSSR count). The smallest absolute Gasteiger partial charge is 0.493 e. The van der Waals surface area contributed by atoms with Crippen LogP contribution >= 0.6 is 20.0 Å². The fraction of sp³-hybridized carbons (Fsp3) is 0.368. The normalized spacial score (nSPS) is 32.2. The molecule has 0 bridgehead atoms. The van der Waals surface area contributed by atoms with Crippen LogP contribution in [0.25, 0.3) is 0 Å². The molecule has 3 heterocycles. The first kappa shape index (κ1) is 21.0. The van der Waals surface area contributed by atoms with E-state index in [-0.39, 0.29) is 28.3 Å². The zero-order chi connectivity index (χ0) is 25.8. The molecular formula is C19H18FN2O9PS. The Morgan fingerprint density at radius 3 is 3.00 bits per heavy atom. The number of ether oxygens (including phenoxy) is 2. The number of terminal acetylenes is 1. The summed E-state index contributed by atoms with van der Waals surface area (Å²) < 4.78 is 70.6. The molecule has 1 saturated heterocycles. The lowest BCUT2D eigenvalue weighted by Gasteiger charge is -2.28. The Bertz CT molecular complexity index is 1370. The summed E-state index contributed by atoms with van der Waals surface area (Å²) in [6, 6.07) is 4.63. The van der Waals surface area contributed by atoms with E-state index in [4.69, 9.17) is 44.4 Å². The van der Waals surface area contributed by atoms with Gasteiger partial charge in [0.05, 0.1) is 22.0 Å². The highest BCUT2D eigenvalue weighted by Crippen LogP contribution is 2.57. The summed E-state index contributed by atoms with van der Waals surface area (Å²) in [6.07, 6.45) is -0.530. The van der Waals surface area contributed by atoms with Gasteiger partial charge in [0, 0.05) is 11.8 Å². The number of hydrogen-bond donors (Lipinski definition) is 3. The maximum atomic E-state index is 15.9. The summed E-state index contributed by atoms with van der Waals surface area (Å²) in [5.74, 6) is -1.63. The van der Waals surface area contributed by atoms with Crippen molar-refractivity contribution in [3.8, 4) is 23.8 Å². The molecule has 33 heavy (non-hydrogen) atoms. The Morgan fingerprint density at radius 1 is 1.55 bits per heavy atom. The monoisotopic (exact) mass is 502 g/mol. The van der Waals surface area contributed by atoms with E-state index in [1.165, 1.54) is 13.2 Å². The predicted octanol–water partition coefficient (Wildman–Crippen LogP) is 1.55. The number of benzene rings is 1. The van der Waals surface area contributed by atoms with Gasteiger partial charge in [0.1, 0.15) is 23.4 Å². The molecule has 2 aliphatic rings. The van der Waals surface area contributed by atoms with E-state index in [9.17, 15) is 19.6 Å². The summed E-state index contributed by atoms with van der Waals surface area (Å²) in [4.78, 5) is 14.5. The van der Waals surface area contributed by atoms with Gasteiger partial charge in [0.25, 0.3) is 5.85 Å². The highest BCUT2D eigenvalue weighted by atomic mass is 32.1. The van der Waals surface area contributed by atoms with Crippen LogP contribution in [0.5, 0.6) is 11.5 Å². The highest BCUT2D eigenvalue weighted by Gasteiger charge is 2.57. The number of hydrogen-bond acceptors (Lipinski definition) is 10. The van der Waals surface area contributed by atoms with Crippen molar-refractivity contribution in [1.29, 1.82) is 0 Å². The minimum absolute atomic E-state index is 0.0263. The molecule has 0 radical (unpaired) electrons. The summed E-state index contributed by atoms with van der Waals surface area (Å²) in [5.41, 5.74) is -0.624. The lowest BCUT2D eigenvalue weighted by atomic mass is 10.1. The molecule has 176 valence electrons. The third kappa shape index (κ3) is 4.22. The van der Waals surface area contributed by atoms with Crippen molar-refractivity contribution in [2.24, 2.45) is 0 Å². The number of alkyl halides is 1. The number of aliphatic hydroxyl groups excluding tert-OH is 2. The molecule has 11 nitrogen and oxygen atoms in total. The number of nitrogens with one attached hydrogen (secondary N) is 1. The first-order valence-electron chi connectivity index (χ1n) is 10.2. The van der Waals surface area contributed by atoms with Gasteiger partial charge >= 0.3 is 13.5 Å². The number of fused-ring (bicyclic) bond motifs is 1. The van der Waals surface area contributed by atoms with Gasteiger partial charge in [-0.15, -0.1) is 6.42 Å². The Kier molecular flexibility index (Phi) is 5.51. The number of nitrogens with zero attached hydrogens (tertiary/aromatic N) is 1. The van der Waals surface area contributed by atoms with E-state index >= 15 is 4.39 Å². The van der Waals surface area contributed by atoms with Gasteiger partial charge < -0.3 is 24.2 Å². The number of aromatic nitrogens is 2. The van der Waals surface area contributed by atoms with Gasteiger partial charge in [-0.05, 0) is 6.07 Å². The Balaban J connectivity index is 1.65. The van der Waals surface area contributed by atoms with Gasteiger partial charge in [-0.2, -0.15) is 0 Å². The van der Waals surface area contributed by atoms with Gasteiger partial charge in [0.15, 0.2) is 17.7 Å². The fourth-order valence-electron chi connectivity index (χ4n) is 3.16. The molecular weight excluding hydrogens is 482 g/mol. The van der Waals surface area contributed by atoms with Crippen LogP contribution in [0.3, 0.4) is 0 Å². The number of phosphoric acid groups is 1. The molecule has 1 aromatic carbocycles. The second-order valence-corrected chi connectivity index (χ2v) is 8.82. The fourth-order valence-corrected chi connectivity index (χ4v) is 4.47. The van der Waals surface area contributed by atoms with Crippen molar-refractivity contribution in [3.63, 3.8) is 0 Å². The minimum Gasteiger partial charge on any atom is -0.493 e. The van der Waals surface area contributed by atoms with Crippen molar-refractivity contribution < 1.29 is 45.0 Å². The average Bonchev–Trinajstić information content (AvgIpc) is 3.03. The average molecular weight is 502 g/mol. The first-order valence-corrected chi connectivity index (χ1v) is 11.1. The second-order valence-electron chi connectivity index (χ2n) is 6.90. The van der Waals surface area contributed by atoms with E-state index in [2.05, 4.69) is 10.9 Å². The van der Waals surface area contributed by atoms with Crippen LogP contribution in [0.1, 0.15) is 20.1 Å². The lowest BCUT2D eigenvalue weighted by Crippen LogP contribution is -2.43. The highest BCUT2D eigenvalue weighted by molar-refractivity contribution is 7.71. The molecule has 0 aliphatic carbocycles. The van der Waals surface area contributed by atoms with Crippen molar-refractivity contribution >= 4 is 20.0 Å².